The molecule has 2 saturated carbocycles. The lowest BCUT2D eigenvalue weighted by Crippen LogP contribution is -2.50. The monoisotopic (exact) mass is 375 g/mol. The Hall–Kier alpha value is -1.55. The van der Waals surface area contributed by atoms with Gasteiger partial charge in [-0.2, -0.15) is 13.6 Å². The topological polar surface area (TPSA) is 89.6 Å². The van der Waals surface area contributed by atoms with Gasteiger partial charge < -0.3 is 9.29 Å². The van der Waals surface area contributed by atoms with Crippen LogP contribution < -0.4 is 9.32 Å². The van der Waals surface area contributed by atoms with Gasteiger partial charge in [0.25, 0.3) is 0 Å². The van der Waals surface area contributed by atoms with Gasteiger partial charge in [-0.1, -0.05) is 18.9 Å². The second-order valence-corrected chi connectivity index (χ2v) is 9.50. The molecular formula is C20H25NO4S. The van der Waals surface area contributed by atoms with E-state index in [2.05, 4.69) is 12.8 Å². The van der Waals surface area contributed by atoms with E-state index in [1.54, 1.807) is 12.1 Å². The minimum Gasteiger partial charge on any atom is -0.377 e. The normalized spacial score (nSPS) is 38.6. The standard InChI is InChI=1S/C20H25NO4S/c1-3-20(22)11-9-18-17-6-4-13-12-14(25-26(21,23)24)5-7-15(13)16(17)8-10-19(18,20)2/h1,5,7,12,16-18,22H,4,6,8-11H2,2H3,(H2,21,23,24)/t16?,17-,18?,19+,20?/m1/s1. The van der Waals surface area contributed by atoms with Crippen molar-refractivity contribution in [3.05, 3.63) is 29.3 Å². The second-order valence-electron chi connectivity index (χ2n) is 8.35. The van der Waals surface area contributed by atoms with Gasteiger partial charge in [0.2, 0.25) is 0 Å². The van der Waals surface area contributed by atoms with Crippen LogP contribution in [-0.4, -0.2) is 19.1 Å². The number of rotatable bonds is 2. The van der Waals surface area contributed by atoms with E-state index in [9.17, 15) is 13.5 Å². The number of terminal acetylenes is 1. The van der Waals surface area contributed by atoms with Crippen LogP contribution in [-0.2, 0) is 16.7 Å². The summed E-state index contributed by atoms with van der Waals surface area (Å²) in [5.74, 6) is 4.33. The third kappa shape index (κ3) is 2.57. The summed E-state index contributed by atoms with van der Waals surface area (Å²) in [6.45, 7) is 2.17. The zero-order valence-corrected chi connectivity index (χ0v) is 15.8. The van der Waals surface area contributed by atoms with Crippen LogP contribution in [0, 0.1) is 29.6 Å². The molecule has 26 heavy (non-hydrogen) atoms. The number of aryl methyl sites for hydroxylation is 1. The summed E-state index contributed by atoms with van der Waals surface area (Å²) in [5.41, 5.74) is 1.22. The number of fused-ring (bicyclic) bond motifs is 5. The van der Waals surface area contributed by atoms with Gasteiger partial charge in [0.05, 0.1) is 0 Å². The minimum atomic E-state index is -4.01. The zero-order valence-electron chi connectivity index (χ0n) is 14.9. The Balaban J connectivity index is 1.65. The quantitative estimate of drug-likeness (QED) is 0.777. The summed E-state index contributed by atoms with van der Waals surface area (Å²) in [7, 11) is -4.01. The molecule has 0 amide bonds. The molecule has 5 nitrogen and oxygen atoms in total. The summed E-state index contributed by atoms with van der Waals surface area (Å²) in [4.78, 5) is 0. The Morgan fingerprint density at radius 1 is 1.31 bits per heavy atom. The van der Waals surface area contributed by atoms with Crippen LogP contribution in [0.3, 0.4) is 0 Å². The van der Waals surface area contributed by atoms with Gasteiger partial charge in [0.1, 0.15) is 11.4 Å². The molecule has 0 saturated heterocycles. The molecule has 0 radical (unpaired) electrons. The molecule has 5 atom stereocenters. The zero-order chi connectivity index (χ0) is 18.7. The van der Waals surface area contributed by atoms with Gasteiger partial charge in [-0.25, -0.2) is 0 Å². The summed E-state index contributed by atoms with van der Waals surface area (Å²) in [6, 6.07) is 5.47. The summed E-state index contributed by atoms with van der Waals surface area (Å²) in [5, 5.41) is 15.9. The Bertz CT molecular complexity index is 890. The maximum atomic E-state index is 11.2. The van der Waals surface area contributed by atoms with Gasteiger partial charge in [0.15, 0.2) is 0 Å². The van der Waals surface area contributed by atoms with Gasteiger partial charge in [-0.05, 0) is 79.5 Å². The lowest BCUT2D eigenvalue weighted by atomic mass is 9.53. The Morgan fingerprint density at radius 2 is 2.08 bits per heavy atom. The van der Waals surface area contributed by atoms with Crippen LogP contribution in [0.25, 0.3) is 0 Å². The second kappa shape index (κ2) is 5.72. The predicted molar refractivity (Wildman–Crippen MR) is 98.6 cm³/mol. The Labute approximate surface area is 155 Å². The van der Waals surface area contributed by atoms with Crippen LogP contribution in [0.5, 0.6) is 5.75 Å². The first-order valence-corrected chi connectivity index (χ1v) is 10.7. The van der Waals surface area contributed by atoms with Crippen LogP contribution in [0.1, 0.15) is 56.1 Å². The van der Waals surface area contributed by atoms with E-state index in [1.165, 1.54) is 5.56 Å². The first-order valence-electron chi connectivity index (χ1n) is 9.22. The van der Waals surface area contributed by atoms with Gasteiger partial charge >= 0.3 is 10.3 Å². The maximum Gasteiger partial charge on any atom is 0.380 e. The highest BCUT2D eigenvalue weighted by molar-refractivity contribution is 7.84. The highest BCUT2D eigenvalue weighted by atomic mass is 32.2. The van der Waals surface area contributed by atoms with Crippen molar-refractivity contribution in [2.45, 2.75) is 57.0 Å². The molecule has 140 valence electrons. The molecule has 3 N–H and O–H groups in total. The lowest BCUT2D eigenvalue weighted by molar-refractivity contribution is -0.0646. The molecule has 6 heteroatoms. The number of nitrogens with two attached hydrogens (primary N) is 1. The lowest BCUT2D eigenvalue weighted by Gasteiger charge is -2.52. The fourth-order valence-electron chi connectivity index (χ4n) is 6.00. The van der Waals surface area contributed by atoms with Gasteiger partial charge in [-0.3, -0.25) is 0 Å². The number of hydrogen-bond donors (Lipinski definition) is 2. The van der Waals surface area contributed by atoms with Crippen LogP contribution in [0.2, 0.25) is 0 Å². The summed E-state index contributed by atoms with van der Waals surface area (Å²) >= 11 is 0. The van der Waals surface area contributed by atoms with Gasteiger partial charge in [-0.15, -0.1) is 6.42 Å². The molecule has 2 fully saturated rings. The van der Waals surface area contributed by atoms with Gasteiger partial charge in [0, 0.05) is 5.41 Å². The third-order valence-corrected chi connectivity index (χ3v) is 7.73. The van der Waals surface area contributed by atoms with Crippen molar-refractivity contribution in [3.63, 3.8) is 0 Å². The molecule has 0 aliphatic heterocycles. The predicted octanol–water partition coefficient (Wildman–Crippen LogP) is 2.49. The fourth-order valence-corrected chi connectivity index (χ4v) is 6.37. The number of benzene rings is 1. The first-order chi connectivity index (χ1) is 12.2. The van der Waals surface area contributed by atoms with E-state index < -0.39 is 15.9 Å². The highest BCUT2D eigenvalue weighted by Gasteiger charge is 2.61. The average Bonchev–Trinajstić information content (AvgIpc) is 2.85. The number of hydrogen-bond acceptors (Lipinski definition) is 4. The molecule has 3 unspecified atom stereocenters. The van der Waals surface area contributed by atoms with Crippen LogP contribution in [0.15, 0.2) is 18.2 Å². The SMILES string of the molecule is C#CC1(O)CCC2[C@@H]3CCc4cc(OS(N)(=O)=O)ccc4C3CC[C@@]21C. The molecule has 0 aromatic heterocycles. The molecular weight excluding hydrogens is 350 g/mol. The highest BCUT2D eigenvalue weighted by Crippen LogP contribution is 2.64. The summed E-state index contributed by atoms with van der Waals surface area (Å²) < 4.78 is 27.2. The van der Waals surface area contributed by atoms with E-state index in [0.717, 1.165) is 37.7 Å². The largest absolute Gasteiger partial charge is 0.380 e. The Kier molecular flexibility index (Phi) is 3.93. The van der Waals surface area contributed by atoms with Crippen molar-refractivity contribution >= 4 is 10.3 Å². The molecule has 0 spiro atoms. The summed E-state index contributed by atoms with van der Waals surface area (Å²) in [6.07, 6.45) is 11.2. The van der Waals surface area contributed by atoms with Crippen molar-refractivity contribution in [2.24, 2.45) is 22.4 Å². The first kappa shape index (κ1) is 17.8. The van der Waals surface area contributed by atoms with Crippen molar-refractivity contribution in [2.75, 3.05) is 0 Å². The van der Waals surface area contributed by atoms with E-state index >= 15 is 0 Å². The number of aliphatic hydroxyl groups is 1. The smallest absolute Gasteiger partial charge is 0.377 e. The third-order valence-electron chi connectivity index (χ3n) is 7.30. The Morgan fingerprint density at radius 3 is 2.77 bits per heavy atom. The molecule has 1 aromatic carbocycles. The molecule has 1 aromatic rings. The van der Waals surface area contributed by atoms with Crippen molar-refractivity contribution in [1.82, 2.24) is 0 Å². The van der Waals surface area contributed by atoms with E-state index in [1.807, 2.05) is 6.07 Å². The van der Waals surface area contributed by atoms with E-state index in [4.69, 9.17) is 15.7 Å². The molecule has 4 rings (SSSR count). The fraction of sp³-hybridized carbons (Fsp3) is 0.600. The molecule has 3 aliphatic carbocycles. The van der Waals surface area contributed by atoms with E-state index in [-0.39, 0.29) is 11.2 Å². The van der Waals surface area contributed by atoms with Crippen LogP contribution >= 0.6 is 0 Å². The maximum absolute atomic E-state index is 11.2. The minimum absolute atomic E-state index is 0.211. The van der Waals surface area contributed by atoms with Crippen molar-refractivity contribution < 1.29 is 17.7 Å². The average molecular weight is 375 g/mol. The van der Waals surface area contributed by atoms with Crippen molar-refractivity contribution in [1.29, 1.82) is 0 Å². The van der Waals surface area contributed by atoms with E-state index in [0.29, 0.717) is 24.2 Å². The van der Waals surface area contributed by atoms with Crippen molar-refractivity contribution in [3.8, 4) is 18.1 Å². The molecule has 0 heterocycles. The van der Waals surface area contributed by atoms with Crippen LogP contribution in [0.4, 0.5) is 0 Å². The molecule has 3 aliphatic rings. The molecule has 0 bridgehead atoms.